The molecule has 2 aromatic carbocycles. The first kappa shape index (κ1) is 16.0. The first-order chi connectivity index (χ1) is 11.1. The van der Waals surface area contributed by atoms with Gasteiger partial charge in [0.1, 0.15) is 5.75 Å². The normalized spacial score (nSPS) is 17.6. The minimum absolute atomic E-state index is 0.253. The Kier molecular flexibility index (Phi) is 4.41. The van der Waals surface area contributed by atoms with E-state index in [-0.39, 0.29) is 4.90 Å². The van der Waals surface area contributed by atoms with Crippen LogP contribution in [0.4, 0.5) is 0 Å². The summed E-state index contributed by atoms with van der Waals surface area (Å²) in [5.74, 6) is 0.875. The highest BCUT2D eigenvalue weighted by atomic mass is 32.2. The third kappa shape index (κ3) is 2.99. The number of nitrogens with two attached hydrogens (primary N) is 1. The van der Waals surface area contributed by atoms with E-state index >= 15 is 0 Å². The first-order valence-corrected chi connectivity index (χ1v) is 9.26. The number of hydrogen-bond donors (Lipinski definition) is 1. The molecule has 0 amide bonds. The lowest BCUT2D eigenvalue weighted by molar-refractivity contribution is 0.413. The quantitative estimate of drug-likeness (QED) is 0.935. The lowest BCUT2D eigenvalue weighted by Crippen LogP contribution is -2.18. The number of fused-ring (bicyclic) bond motifs is 1. The van der Waals surface area contributed by atoms with Gasteiger partial charge in [-0.1, -0.05) is 12.1 Å². The van der Waals surface area contributed by atoms with Gasteiger partial charge in [0.15, 0.2) is 0 Å². The lowest BCUT2D eigenvalue weighted by atomic mass is 9.83. The molecule has 1 aliphatic carbocycles. The predicted octanol–water partition coefficient (Wildman–Crippen LogP) is 2.91. The van der Waals surface area contributed by atoms with Crippen LogP contribution < -0.4 is 10.5 Å². The Labute approximate surface area is 137 Å². The summed E-state index contributed by atoms with van der Waals surface area (Å²) in [6, 6.07) is 12.0. The minimum Gasteiger partial charge on any atom is -0.497 e. The van der Waals surface area contributed by atoms with Crippen molar-refractivity contribution < 1.29 is 13.2 Å². The van der Waals surface area contributed by atoms with Crippen molar-refractivity contribution in [2.45, 2.75) is 35.0 Å². The summed E-state index contributed by atoms with van der Waals surface area (Å²) in [6.07, 6.45) is 3.04. The highest BCUT2D eigenvalue weighted by molar-refractivity contribution is 7.91. The Morgan fingerprint density at radius 2 is 1.96 bits per heavy atom. The van der Waals surface area contributed by atoms with Crippen molar-refractivity contribution >= 4 is 9.84 Å². The standard InChI is InChI=1S/C18H21NO3S/c1-22-15-6-3-7-16(11-15)23(20,21)17-8-9-18-13(10-17)4-2-5-14(18)12-19/h3,6-11,14H,2,4-5,12,19H2,1H3. The third-order valence-corrected chi connectivity index (χ3v) is 6.25. The van der Waals surface area contributed by atoms with E-state index in [1.54, 1.807) is 30.3 Å². The van der Waals surface area contributed by atoms with Crippen LogP contribution in [0.2, 0.25) is 0 Å². The molecule has 3 rings (SSSR count). The molecular formula is C18H21NO3S. The molecule has 4 nitrogen and oxygen atoms in total. The summed E-state index contributed by atoms with van der Waals surface area (Å²) in [6.45, 7) is 0.606. The number of sulfone groups is 1. The van der Waals surface area contributed by atoms with E-state index in [0.717, 1.165) is 24.8 Å². The second kappa shape index (κ2) is 6.34. The molecule has 1 aliphatic rings. The second-order valence-corrected chi connectivity index (χ2v) is 7.82. The van der Waals surface area contributed by atoms with Crippen LogP contribution in [0.5, 0.6) is 5.75 Å². The van der Waals surface area contributed by atoms with Gasteiger partial charge in [0.25, 0.3) is 0 Å². The molecule has 23 heavy (non-hydrogen) atoms. The van der Waals surface area contributed by atoms with Crippen molar-refractivity contribution in [2.75, 3.05) is 13.7 Å². The number of methoxy groups -OCH3 is 1. The van der Waals surface area contributed by atoms with Crippen LogP contribution in [-0.4, -0.2) is 22.1 Å². The molecule has 0 saturated carbocycles. The van der Waals surface area contributed by atoms with Crippen LogP contribution in [0.15, 0.2) is 52.3 Å². The van der Waals surface area contributed by atoms with Gasteiger partial charge in [0, 0.05) is 0 Å². The fourth-order valence-corrected chi connectivity index (χ4v) is 4.55. The van der Waals surface area contributed by atoms with E-state index in [0.29, 0.717) is 23.1 Å². The molecule has 0 fully saturated rings. The topological polar surface area (TPSA) is 69.4 Å². The van der Waals surface area contributed by atoms with Gasteiger partial charge < -0.3 is 10.5 Å². The lowest BCUT2D eigenvalue weighted by Gasteiger charge is -2.24. The molecule has 0 spiro atoms. The maximum atomic E-state index is 12.9. The monoisotopic (exact) mass is 331 g/mol. The van der Waals surface area contributed by atoms with Gasteiger partial charge in [-0.25, -0.2) is 8.42 Å². The van der Waals surface area contributed by atoms with Crippen molar-refractivity contribution in [3.8, 4) is 5.75 Å². The minimum atomic E-state index is -3.54. The number of rotatable bonds is 4. The van der Waals surface area contributed by atoms with E-state index in [2.05, 4.69) is 0 Å². The highest BCUT2D eigenvalue weighted by Crippen LogP contribution is 2.33. The molecule has 5 heteroatoms. The first-order valence-electron chi connectivity index (χ1n) is 7.78. The molecule has 2 N–H and O–H groups in total. The number of aryl methyl sites for hydroxylation is 1. The van der Waals surface area contributed by atoms with E-state index < -0.39 is 9.84 Å². The Morgan fingerprint density at radius 1 is 1.17 bits per heavy atom. The van der Waals surface area contributed by atoms with Crippen molar-refractivity contribution in [1.82, 2.24) is 0 Å². The van der Waals surface area contributed by atoms with Crippen molar-refractivity contribution in [3.63, 3.8) is 0 Å². The average molecular weight is 331 g/mol. The Bertz CT molecular complexity index is 815. The number of hydrogen-bond acceptors (Lipinski definition) is 4. The molecule has 0 aromatic heterocycles. The van der Waals surface area contributed by atoms with Gasteiger partial charge in [-0.3, -0.25) is 0 Å². The summed E-state index contributed by atoms with van der Waals surface area (Å²) in [7, 11) is -2.02. The van der Waals surface area contributed by atoms with Gasteiger partial charge in [0.05, 0.1) is 16.9 Å². The van der Waals surface area contributed by atoms with E-state index in [4.69, 9.17) is 10.5 Å². The van der Waals surface area contributed by atoms with Crippen LogP contribution in [-0.2, 0) is 16.3 Å². The predicted molar refractivity (Wildman–Crippen MR) is 89.6 cm³/mol. The fourth-order valence-electron chi connectivity index (χ4n) is 3.21. The molecule has 0 heterocycles. The summed E-state index contributed by atoms with van der Waals surface area (Å²) >= 11 is 0. The zero-order valence-corrected chi connectivity index (χ0v) is 14.0. The van der Waals surface area contributed by atoms with Crippen molar-refractivity contribution in [3.05, 3.63) is 53.6 Å². The van der Waals surface area contributed by atoms with Gasteiger partial charge >= 0.3 is 0 Å². The van der Waals surface area contributed by atoms with Crippen molar-refractivity contribution in [1.29, 1.82) is 0 Å². The SMILES string of the molecule is COc1cccc(S(=O)(=O)c2ccc3c(c2)CCCC3CN)c1. The van der Waals surface area contributed by atoms with E-state index in [9.17, 15) is 8.42 Å². The Hall–Kier alpha value is -1.85. The maximum Gasteiger partial charge on any atom is 0.206 e. The Balaban J connectivity index is 2.04. The maximum absolute atomic E-state index is 12.9. The van der Waals surface area contributed by atoms with E-state index in [1.807, 2.05) is 12.1 Å². The van der Waals surface area contributed by atoms with Crippen LogP contribution in [0, 0.1) is 0 Å². The van der Waals surface area contributed by atoms with Crippen LogP contribution in [0.25, 0.3) is 0 Å². The number of benzene rings is 2. The van der Waals surface area contributed by atoms with Gasteiger partial charge in [-0.05, 0) is 73.2 Å². The summed E-state index contributed by atoms with van der Waals surface area (Å²) in [5, 5.41) is 0. The summed E-state index contributed by atoms with van der Waals surface area (Å²) < 4.78 is 30.8. The second-order valence-electron chi connectivity index (χ2n) is 5.87. The van der Waals surface area contributed by atoms with Gasteiger partial charge in [-0.2, -0.15) is 0 Å². The number of ether oxygens (including phenoxy) is 1. The molecule has 1 atom stereocenters. The zero-order chi connectivity index (χ0) is 16.4. The van der Waals surface area contributed by atoms with E-state index in [1.165, 1.54) is 12.7 Å². The third-order valence-electron chi connectivity index (χ3n) is 4.50. The highest BCUT2D eigenvalue weighted by Gasteiger charge is 2.23. The Morgan fingerprint density at radius 3 is 2.70 bits per heavy atom. The molecule has 1 unspecified atom stereocenters. The smallest absolute Gasteiger partial charge is 0.206 e. The van der Waals surface area contributed by atoms with Crippen LogP contribution in [0.3, 0.4) is 0 Å². The van der Waals surface area contributed by atoms with Gasteiger partial charge in [0.2, 0.25) is 9.84 Å². The van der Waals surface area contributed by atoms with Crippen molar-refractivity contribution in [2.24, 2.45) is 5.73 Å². The molecule has 122 valence electrons. The fraction of sp³-hybridized carbons (Fsp3) is 0.333. The zero-order valence-electron chi connectivity index (χ0n) is 13.2. The molecule has 0 radical (unpaired) electrons. The molecule has 0 aliphatic heterocycles. The van der Waals surface area contributed by atoms with Crippen LogP contribution >= 0.6 is 0 Å². The molecule has 0 bridgehead atoms. The molecule has 0 saturated heterocycles. The molecule has 2 aromatic rings. The average Bonchev–Trinajstić information content (AvgIpc) is 2.60. The van der Waals surface area contributed by atoms with Gasteiger partial charge in [-0.15, -0.1) is 0 Å². The largest absolute Gasteiger partial charge is 0.497 e. The molecular weight excluding hydrogens is 310 g/mol. The summed E-state index contributed by atoms with van der Waals surface area (Å²) in [4.78, 5) is 0.588. The van der Waals surface area contributed by atoms with Crippen LogP contribution in [0.1, 0.15) is 29.9 Å². The summed E-state index contributed by atoms with van der Waals surface area (Å²) in [5.41, 5.74) is 8.14.